The zero-order valence-corrected chi connectivity index (χ0v) is 16.1. The van der Waals surface area contributed by atoms with Gasteiger partial charge < -0.3 is 9.97 Å². The Morgan fingerprint density at radius 1 is 0.960 bits per heavy atom. The molecule has 0 fully saturated rings. The second-order valence-corrected chi connectivity index (χ2v) is 6.78. The Morgan fingerprint density at radius 2 is 1.60 bits per heavy atom. The van der Waals surface area contributed by atoms with E-state index in [0.29, 0.717) is 0 Å². The second-order valence-electron chi connectivity index (χ2n) is 5.62. The fourth-order valence-corrected chi connectivity index (χ4v) is 2.63. The van der Waals surface area contributed by atoms with Crippen LogP contribution in [0.15, 0.2) is 44.0 Å². The van der Waals surface area contributed by atoms with E-state index in [0.717, 1.165) is 48.4 Å². The summed E-state index contributed by atoms with van der Waals surface area (Å²) >= 11 is 2.23. The number of hydrogen-bond donors (Lipinski definition) is 2. The minimum absolute atomic E-state index is 0.819. The van der Waals surface area contributed by atoms with E-state index in [1.807, 2.05) is 32.3 Å². The molecule has 2 N–H and O–H groups in total. The van der Waals surface area contributed by atoms with Crippen molar-refractivity contribution in [2.24, 2.45) is 0 Å². The molecule has 0 atom stereocenters. The number of hydrogen-bond acceptors (Lipinski definition) is 4. The third kappa shape index (κ3) is 3.76. The minimum Gasteiger partial charge on any atom is -0.345 e. The summed E-state index contributed by atoms with van der Waals surface area (Å²) in [5.41, 5.74) is 7.02. The second kappa shape index (κ2) is 7.14. The number of H-pyrrole nitrogens is 2. The van der Waals surface area contributed by atoms with Crippen molar-refractivity contribution in [3.63, 3.8) is 0 Å². The van der Waals surface area contributed by atoms with Crippen LogP contribution in [-0.2, 0) is 0 Å². The van der Waals surface area contributed by atoms with Gasteiger partial charge in [0.1, 0.15) is 11.0 Å². The molecule has 0 aliphatic heterocycles. The number of aromatic amines is 2. The Bertz CT molecular complexity index is 1080. The number of aromatic nitrogens is 6. The standard InChI is InChI=1S/C9H8IN3.C9H9N3/c1-5(2)7-4-12-9-8(13-7)6(10)3-11-9;1-6(2)8-5-11-9-7(12-8)3-4-10-9/h3-4H,1H2,2H3,(H,11,12);3-5H,1H2,2H3,(H,10,11). The first-order chi connectivity index (χ1) is 12.0. The van der Waals surface area contributed by atoms with Gasteiger partial charge >= 0.3 is 0 Å². The van der Waals surface area contributed by atoms with Gasteiger partial charge in [0, 0.05) is 12.4 Å². The van der Waals surface area contributed by atoms with Crippen molar-refractivity contribution in [3.05, 3.63) is 59.0 Å². The van der Waals surface area contributed by atoms with Crippen molar-refractivity contribution in [1.29, 1.82) is 0 Å². The average Bonchev–Trinajstić information content (AvgIpc) is 3.21. The van der Waals surface area contributed by atoms with Crippen molar-refractivity contribution < 1.29 is 0 Å². The summed E-state index contributed by atoms with van der Waals surface area (Å²) in [6, 6.07) is 1.90. The van der Waals surface area contributed by atoms with Crippen molar-refractivity contribution in [2.45, 2.75) is 13.8 Å². The van der Waals surface area contributed by atoms with Gasteiger partial charge in [0.25, 0.3) is 0 Å². The average molecular weight is 444 g/mol. The zero-order valence-electron chi connectivity index (χ0n) is 14.0. The van der Waals surface area contributed by atoms with Crippen LogP contribution in [0.5, 0.6) is 0 Å². The lowest BCUT2D eigenvalue weighted by Gasteiger charge is -1.97. The van der Waals surface area contributed by atoms with Crippen molar-refractivity contribution >= 4 is 56.1 Å². The topological polar surface area (TPSA) is 83.1 Å². The molecule has 6 nitrogen and oxygen atoms in total. The number of fused-ring (bicyclic) bond motifs is 2. The highest BCUT2D eigenvalue weighted by Crippen LogP contribution is 2.18. The molecule has 4 rings (SSSR count). The molecule has 0 aliphatic carbocycles. The third-order valence-corrected chi connectivity index (χ3v) is 4.29. The molecule has 0 bridgehead atoms. The molecule has 0 saturated carbocycles. The quantitative estimate of drug-likeness (QED) is 0.444. The summed E-state index contributed by atoms with van der Waals surface area (Å²) in [7, 11) is 0. The highest BCUT2D eigenvalue weighted by molar-refractivity contribution is 14.1. The van der Waals surface area contributed by atoms with Gasteiger partial charge in [0.2, 0.25) is 0 Å². The normalized spacial score (nSPS) is 10.5. The maximum Gasteiger partial charge on any atom is 0.157 e. The summed E-state index contributed by atoms with van der Waals surface area (Å²) in [5.74, 6) is 0. The largest absolute Gasteiger partial charge is 0.345 e. The lowest BCUT2D eigenvalue weighted by molar-refractivity contribution is 1.23. The van der Waals surface area contributed by atoms with Gasteiger partial charge in [-0.3, -0.25) is 0 Å². The summed E-state index contributed by atoms with van der Waals surface area (Å²) < 4.78 is 1.09. The third-order valence-electron chi connectivity index (χ3n) is 3.47. The molecule has 0 saturated heterocycles. The highest BCUT2D eigenvalue weighted by Gasteiger charge is 2.05. The van der Waals surface area contributed by atoms with Crippen LogP contribution in [-0.4, -0.2) is 29.9 Å². The molecular weight excluding hydrogens is 427 g/mol. The van der Waals surface area contributed by atoms with Gasteiger partial charge in [0.15, 0.2) is 11.3 Å². The van der Waals surface area contributed by atoms with E-state index in [-0.39, 0.29) is 0 Å². The number of allylic oxidation sites excluding steroid dienone is 2. The molecule has 4 aromatic heterocycles. The van der Waals surface area contributed by atoms with E-state index in [1.165, 1.54) is 0 Å². The van der Waals surface area contributed by atoms with Crippen LogP contribution in [0.1, 0.15) is 25.2 Å². The fraction of sp³-hybridized carbons (Fsp3) is 0.111. The smallest absolute Gasteiger partial charge is 0.157 e. The lowest BCUT2D eigenvalue weighted by atomic mass is 10.2. The van der Waals surface area contributed by atoms with E-state index < -0.39 is 0 Å². The van der Waals surface area contributed by atoms with E-state index in [4.69, 9.17) is 0 Å². The Balaban J connectivity index is 0.000000146. The maximum absolute atomic E-state index is 4.43. The maximum atomic E-state index is 4.43. The van der Waals surface area contributed by atoms with Crippen LogP contribution in [0.2, 0.25) is 0 Å². The molecule has 126 valence electrons. The summed E-state index contributed by atoms with van der Waals surface area (Å²) in [5, 5.41) is 0. The summed E-state index contributed by atoms with van der Waals surface area (Å²) in [6.45, 7) is 11.5. The number of nitrogens with zero attached hydrogens (tertiary/aromatic N) is 4. The molecular formula is C18H17IN6. The predicted octanol–water partition coefficient (Wildman–Crippen LogP) is 4.59. The molecule has 0 aliphatic rings. The van der Waals surface area contributed by atoms with E-state index in [1.54, 1.807) is 12.4 Å². The Morgan fingerprint density at radius 3 is 2.28 bits per heavy atom. The van der Waals surface area contributed by atoms with Gasteiger partial charge in [-0.1, -0.05) is 13.2 Å². The Hall–Kier alpha value is -2.55. The van der Waals surface area contributed by atoms with Crippen molar-refractivity contribution in [1.82, 2.24) is 29.9 Å². The van der Waals surface area contributed by atoms with Gasteiger partial charge in [-0.2, -0.15) is 0 Å². The van der Waals surface area contributed by atoms with Gasteiger partial charge in [-0.15, -0.1) is 0 Å². The molecule has 0 unspecified atom stereocenters. The molecule has 0 spiro atoms. The monoisotopic (exact) mass is 444 g/mol. The molecule has 7 heteroatoms. The highest BCUT2D eigenvalue weighted by atomic mass is 127. The van der Waals surface area contributed by atoms with Gasteiger partial charge in [0.05, 0.1) is 27.4 Å². The van der Waals surface area contributed by atoms with Crippen LogP contribution >= 0.6 is 22.6 Å². The van der Waals surface area contributed by atoms with Crippen LogP contribution in [0.25, 0.3) is 33.5 Å². The Labute approximate surface area is 158 Å². The van der Waals surface area contributed by atoms with Crippen LogP contribution < -0.4 is 0 Å². The van der Waals surface area contributed by atoms with Crippen molar-refractivity contribution in [2.75, 3.05) is 0 Å². The first-order valence-corrected chi connectivity index (χ1v) is 8.65. The van der Waals surface area contributed by atoms with Crippen molar-refractivity contribution in [3.8, 4) is 0 Å². The van der Waals surface area contributed by atoms with Crippen LogP contribution in [0.3, 0.4) is 0 Å². The number of halogens is 1. The van der Waals surface area contributed by atoms with E-state index in [9.17, 15) is 0 Å². The molecule has 0 aromatic carbocycles. The molecule has 4 aromatic rings. The SMILES string of the molecule is C=C(C)c1cnc2[nH]cc(I)c2n1.C=C(C)c1cnc2[nH]ccc2n1. The fourth-order valence-electron chi connectivity index (χ4n) is 2.10. The minimum atomic E-state index is 0.819. The van der Waals surface area contributed by atoms with E-state index in [2.05, 4.69) is 65.7 Å². The lowest BCUT2D eigenvalue weighted by Crippen LogP contribution is -1.88. The molecule has 25 heavy (non-hydrogen) atoms. The van der Waals surface area contributed by atoms with E-state index >= 15 is 0 Å². The molecule has 4 heterocycles. The van der Waals surface area contributed by atoms with Gasteiger partial charge in [-0.05, 0) is 53.7 Å². The Kier molecular flexibility index (Phi) is 4.93. The number of rotatable bonds is 2. The predicted molar refractivity (Wildman–Crippen MR) is 110 cm³/mol. The summed E-state index contributed by atoms with van der Waals surface area (Å²) in [4.78, 5) is 23.2. The van der Waals surface area contributed by atoms with Crippen LogP contribution in [0, 0.1) is 3.57 Å². The molecule has 0 amide bonds. The zero-order chi connectivity index (χ0) is 18.0. The first kappa shape index (κ1) is 17.3. The van der Waals surface area contributed by atoms with Gasteiger partial charge in [-0.25, -0.2) is 19.9 Å². The number of nitrogens with one attached hydrogen (secondary N) is 2. The van der Waals surface area contributed by atoms with Crippen LogP contribution in [0.4, 0.5) is 0 Å². The summed E-state index contributed by atoms with van der Waals surface area (Å²) in [6.07, 6.45) is 7.18. The molecule has 0 radical (unpaired) electrons. The first-order valence-electron chi connectivity index (χ1n) is 7.57.